The number of benzene rings is 2. The molecule has 1 amide bonds. The fourth-order valence-electron chi connectivity index (χ4n) is 2.21. The summed E-state index contributed by atoms with van der Waals surface area (Å²) in [6.07, 6.45) is 0.813. The van der Waals surface area contributed by atoms with Crippen LogP contribution >= 0.6 is 23.2 Å². The van der Waals surface area contributed by atoms with Crippen molar-refractivity contribution in [2.24, 2.45) is 0 Å². The maximum Gasteiger partial charge on any atom is 0.269 e. The normalized spacial score (nSPS) is 10.4. The Labute approximate surface area is 155 Å². The molecule has 0 radical (unpaired) electrons. The van der Waals surface area contributed by atoms with E-state index >= 15 is 0 Å². The second kappa shape index (κ2) is 8.69. The average molecular weight is 382 g/mol. The molecule has 0 fully saturated rings. The van der Waals surface area contributed by atoms with Gasteiger partial charge in [0.25, 0.3) is 5.69 Å². The number of anilines is 2. The average Bonchev–Trinajstić information content (AvgIpc) is 2.57. The Morgan fingerprint density at radius 1 is 1.20 bits per heavy atom. The lowest BCUT2D eigenvalue weighted by molar-refractivity contribution is -0.384. The van der Waals surface area contributed by atoms with Gasteiger partial charge >= 0.3 is 0 Å². The summed E-state index contributed by atoms with van der Waals surface area (Å²) < 4.78 is 0. The van der Waals surface area contributed by atoms with E-state index in [4.69, 9.17) is 23.2 Å². The van der Waals surface area contributed by atoms with Crippen LogP contribution in [0, 0.1) is 10.1 Å². The van der Waals surface area contributed by atoms with Crippen molar-refractivity contribution >= 4 is 46.2 Å². The summed E-state index contributed by atoms with van der Waals surface area (Å²) in [7, 11) is 0. The number of hydrogen-bond donors (Lipinski definition) is 2. The highest BCUT2D eigenvalue weighted by atomic mass is 35.5. The third-order valence-electron chi connectivity index (χ3n) is 3.45. The van der Waals surface area contributed by atoms with Gasteiger partial charge in [-0.1, -0.05) is 36.2 Å². The minimum atomic E-state index is -0.500. The quantitative estimate of drug-likeness (QED) is 0.536. The Kier molecular flexibility index (Phi) is 6.61. The number of nitro benzene ring substituents is 1. The van der Waals surface area contributed by atoms with Crippen molar-refractivity contribution in [3.63, 3.8) is 0 Å². The van der Waals surface area contributed by atoms with Crippen molar-refractivity contribution in [2.45, 2.75) is 19.8 Å². The van der Waals surface area contributed by atoms with Gasteiger partial charge in [-0.05, 0) is 30.2 Å². The molecule has 0 aromatic heterocycles. The predicted molar refractivity (Wildman–Crippen MR) is 99.8 cm³/mol. The van der Waals surface area contributed by atoms with Crippen LogP contribution in [0.15, 0.2) is 36.4 Å². The maximum atomic E-state index is 12.0. The first kappa shape index (κ1) is 19.0. The summed E-state index contributed by atoms with van der Waals surface area (Å²) in [4.78, 5) is 22.6. The molecule has 8 heteroatoms. The Morgan fingerprint density at radius 2 is 1.88 bits per heavy atom. The fourth-order valence-corrected chi connectivity index (χ4v) is 2.71. The number of para-hydroxylation sites is 1. The summed E-state index contributed by atoms with van der Waals surface area (Å²) in [6.45, 7) is 2.49. The standard InChI is InChI=1S/C17H17Cl2N3O3/c1-2-8-20-16(23)10-11-9-12(22(24)25)6-7-15(11)21-17-13(18)4-3-5-14(17)19/h3-7,9,21H,2,8,10H2,1H3,(H,20,23). The number of amides is 1. The molecule has 0 unspecified atom stereocenters. The van der Waals surface area contributed by atoms with Gasteiger partial charge < -0.3 is 10.6 Å². The van der Waals surface area contributed by atoms with Gasteiger partial charge in [-0.3, -0.25) is 14.9 Å². The third-order valence-corrected chi connectivity index (χ3v) is 4.08. The first-order valence-electron chi connectivity index (χ1n) is 7.67. The lowest BCUT2D eigenvalue weighted by Gasteiger charge is -2.14. The summed E-state index contributed by atoms with van der Waals surface area (Å²) in [5.41, 5.74) is 1.41. The largest absolute Gasteiger partial charge is 0.356 e. The summed E-state index contributed by atoms with van der Waals surface area (Å²) in [5.74, 6) is -0.212. The number of hydrogen-bond acceptors (Lipinski definition) is 4. The van der Waals surface area contributed by atoms with Crippen molar-refractivity contribution in [3.05, 3.63) is 62.1 Å². The Morgan fingerprint density at radius 3 is 2.48 bits per heavy atom. The van der Waals surface area contributed by atoms with Crippen LogP contribution in [-0.2, 0) is 11.2 Å². The molecule has 2 aromatic carbocycles. The topological polar surface area (TPSA) is 84.3 Å². The SMILES string of the molecule is CCCNC(=O)Cc1cc([N+](=O)[O-])ccc1Nc1c(Cl)cccc1Cl. The van der Waals surface area contributed by atoms with Gasteiger partial charge in [-0.15, -0.1) is 0 Å². The van der Waals surface area contributed by atoms with Crippen molar-refractivity contribution in [2.75, 3.05) is 11.9 Å². The number of non-ortho nitro benzene ring substituents is 1. The van der Waals surface area contributed by atoms with Crippen molar-refractivity contribution in [1.82, 2.24) is 5.32 Å². The van der Waals surface area contributed by atoms with Gasteiger partial charge in [0.2, 0.25) is 5.91 Å². The van der Waals surface area contributed by atoms with E-state index in [1.54, 1.807) is 24.3 Å². The highest BCUT2D eigenvalue weighted by Crippen LogP contribution is 2.34. The van der Waals surface area contributed by atoms with Crippen LogP contribution in [0.25, 0.3) is 0 Å². The number of carbonyl (C=O) groups excluding carboxylic acids is 1. The number of nitro groups is 1. The summed E-state index contributed by atoms with van der Waals surface area (Å²) >= 11 is 12.3. The molecule has 25 heavy (non-hydrogen) atoms. The van der Waals surface area contributed by atoms with E-state index in [-0.39, 0.29) is 18.0 Å². The van der Waals surface area contributed by atoms with Crippen LogP contribution in [0.2, 0.25) is 10.0 Å². The van der Waals surface area contributed by atoms with Crippen LogP contribution in [0.3, 0.4) is 0 Å². The number of rotatable bonds is 7. The molecule has 0 atom stereocenters. The molecule has 2 rings (SSSR count). The minimum absolute atomic E-state index is 0.00604. The Balaban J connectivity index is 2.35. The Bertz CT molecular complexity index is 776. The molecule has 0 aliphatic carbocycles. The molecule has 0 aliphatic rings. The van der Waals surface area contributed by atoms with E-state index in [9.17, 15) is 14.9 Å². The van der Waals surface area contributed by atoms with Gasteiger partial charge in [0.15, 0.2) is 0 Å². The van der Waals surface area contributed by atoms with Crippen molar-refractivity contribution < 1.29 is 9.72 Å². The lowest BCUT2D eigenvalue weighted by Crippen LogP contribution is -2.26. The molecule has 0 heterocycles. The highest BCUT2D eigenvalue weighted by molar-refractivity contribution is 6.39. The maximum absolute atomic E-state index is 12.0. The van der Waals surface area contributed by atoms with Crippen molar-refractivity contribution in [3.8, 4) is 0 Å². The predicted octanol–water partition coefficient (Wildman–Crippen LogP) is 4.71. The summed E-state index contributed by atoms with van der Waals surface area (Å²) in [6, 6.07) is 9.34. The van der Waals surface area contributed by atoms with Crippen LogP contribution in [0.5, 0.6) is 0 Å². The first-order chi connectivity index (χ1) is 11.9. The molecular weight excluding hydrogens is 365 g/mol. The van der Waals surface area contributed by atoms with Gasteiger partial charge in [0.05, 0.1) is 27.1 Å². The zero-order valence-electron chi connectivity index (χ0n) is 13.5. The van der Waals surface area contributed by atoms with Crippen LogP contribution in [-0.4, -0.2) is 17.4 Å². The molecular formula is C17H17Cl2N3O3. The van der Waals surface area contributed by atoms with E-state index in [0.717, 1.165) is 6.42 Å². The number of nitrogens with zero attached hydrogens (tertiary/aromatic N) is 1. The summed E-state index contributed by atoms with van der Waals surface area (Å²) in [5, 5.41) is 17.7. The van der Waals surface area contributed by atoms with Gasteiger partial charge in [-0.25, -0.2) is 0 Å². The minimum Gasteiger partial charge on any atom is -0.356 e. The second-order valence-corrected chi connectivity index (χ2v) is 6.16. The van der Waals surface area contributed by atoms with Gasteiger partial charge in [0, 0.05) is 24.4 Å². The molecule has 2 N–H and O–H groups in total. The first-order valence-corrected chi connectivity index (χ1v) is 8.43. The molecule has 0 spiro atoms. The highest BCUT2D eigenvalue weighted by Gasteiger charge is 2.15. The fraction of sp³-hybridized carbons (Fsp3) is 0.235. The zero-order valence-corrected chi connectivity index (χ0v) is 15.0. The molecule has 2 aromatic rings. The molecule has 0 saturated carbocycles. The third kappa shape index (κ3) is 5.08. The van der Waals surface area contributed by atoms with E-state index in [1.807, 2.05) is 6.92 Å². The zero-order chi connectivity index (χ0) is 18.4. The molecule has 6 nitrogen and oxygen atoms in total. The van der Waals surface area contributed by atoms with E-state index in [2.05, 4.69) is 10.6 Å². The molecule has 0 bridgehead atoms. The number of carbonyl (C=O) groups is 1. The lowest BCUT2D eigenvalue weighted by atomic mass is 10.1. The number of nitrogens with one attached hydrogen (secondary N) is 2. The van der Waals surface area contributed by atoms with Crippen LogP contribution in [0.1, 0.15) is 18.9 Å². The molecule has 132 valence electrons. The van der Waals surface area contributed by atoms with E-state index in [1.165, 1.54) is 12.1 Å². The molecule has 0 saturated heterocycles. The van der Waals surface area contributed by atoms with E-state index in [0.29, 0.717) is 33.5 Å². The monoisotopic (exact) mass is 381 g/mol. The Hall–Kier alpha value is -2.31. The molecule has 0 aliphatic heterocycles. The van der Waals surface area contributed by atoms with Crippen LogP contribution in [0.4, 0.5) is 17.1 Å². The number of halogens is 2. The van der Waals surface area contributed by atoms with Gasteiger partial charge in [-0.2, -0.15) is 0 Å². The van der Waals surface area contributed by atoms with Crippen molar-refractivity contribution in [1.29, 1.82) is 0 Å². The van der Waals surface area contributed by atoms with E-state index < -0.39 is 4.92 Å². The van der Waals surface area contributed by atoms with Crippen LogP contribution < -0.4 is 10.6 Å². The van der Waals surface area contributed by atoms with Gasteiger partial charge in [0.1, 0.15) is 0 Å². The second-order valence-electron chi connectivity index (χ2n) is 5.35. The smallest absolute Gasteiger partial charge is 0.269 e.